The molecule has 15 heavy (non-hydrogen) atoms. The lowest BCUT2D eigenvalue weighted by Crippen LogP contribution is -1.80. The molecule has 0 rings (SSSR count). The van der Waals surface area contributed by atoms with Gasteiger partial charge in [-0.2, -0.15) is 0 Å². The molecule has 0 fully saturated rings. The van der Waals surface area contributed by atoms with Crippen molar-refractivity contribution >= 4 is 0 Å². The van der Waals surface area contributed by atoms with Gasteiger partial charge in [-0.3, -0.25) is 0 Å². The van der Waals surface area contributed by atoms with E-state index in [1.165, 1.54) is 30.4 Å². The number of allylic oxidation sites excluding steroid dienone is 7. The van der Waals surface area contributed by atoms with E-state index < -0.39 is 0 Å². The lowest BCUT2D eigenvalue weighted by atomic mass is 10.1. The van der Waals surface area contributed by atoms with Gasteiger partial charge >= 0.3 is 0 Å². The Morgan fingerprint density at radius 3 is 2.20 bits per heavy atom. The van der Waals surface area contributed by atoms with E-state index in [2.05, 4.69) is 45.6 Å². The minimum Gasteiger partial charge on any atom is -0.0961 e. The Bertz CT molecular complexity index is 274. The van der Waals surface area contributed by atoms with Crippen molar-refractivity contribution in [2.75, 3.05) is 0 Å². The van der Waals surface area contributed by atoms with Crippen LogP contribution < -0.4 is 0 Å². The highest BCUT2D eigenvalue weighted by atomic mass is 14.0. The minimum atomic E-state index is 1.10. The molecule has 0 atom stereocenters. The van der Waals surface area contributed by atoms with Crippen LogP contribution in [0.4, 0.5) is 0 Å². The Kier molecular flexibility index (Phi) is 7.71. The molecule has 0 aliphatic carbocycles. The van der Waals surface area contributed by atoms with Gasteiger partial charge < -0.3 is 0 Å². The van der Waals surface area contributed by atoms with Gasteiger partial charge in [0, 0.05) is 0 Å². The molecule has 0 unspecified atom stereocenters. The molecule has 0 aliphatic rings. The maximum Gasteiger partial charge on any atom is -0.0317 e. The van der Waals surface area contributed by atoms with Crippen molar-refractivity contribution in [1.29, 1.82) is 0 Å². The monoisotopic (exact) mass is 204 g/mol. The van der Waals surface area contributed by atoms with E-state index in [1.54, 1.807) is 0 Å². The minimum absolute atomic E-state index is 1.10. The molecule has 0 aromatic rings. The summed E-state index contributed by atoms with van der Waals surface area (Å²) in [5.74, 6) is 0. The highest BCUT2D eigenvalue weighted by Crippen LogP contribution is 2.11. The van der Waals surface area contributed by atoms with Crippen LogP contribution in [0.15, 0.2) is 47.6 Å². The van der Waals surface area contributed by atoms with E-state index in [9.17, 15) is 0 Å². The van der Waals surface area contributed by atoms with Gasteiger partial charge in [0.05, 0.1) is 0 Å². The Morgan fingerprint density at radius 1 is 1.07 bits per heavy atom. The molecule has 0 N–H and O–H groups in total. The molecule has 0 bridgehead atoms. The Morgan fingerprint density at radius 2 is 1.67 bits per heavy atom. The van der Waals surface area contributed by atoms with Crippen LogP contribution in [0.25, 0.3) is 0 Å². The first kappa shape index (κ1) is 14.0. The van der Waals surface area contributed by atoms with Crippen LogP contribution in [-0.2, 0) is 0 Å². The van der Waals surface area contributed by atoms with Crippen LogP contribution in [-0.4, -0.2) is 0 Å². The van der Waals surface area contributed by atoms with Crippen LogP contribution in [0.2, 0.25) is 0 Å². The smallest absolute Gasteiger partial charge is 0.0317 e. The largest absolute Gasteiger partial charge is 0.0961 e. The van der Waals surface area contributed by atoms with E-state index >= 15 is 0 Å². The molecule has 0 aromatic heterocycles. The molecule has 0 saturated heterocycles. The zero-order chi connectivity index (χ0) is 11.7. The second kappa shape index (κ2) is 8.28. The van der Waals surface area contributed by atoms with E-state index in [4.69, 9.17) is 0 Å². The van der Waals surface area contributed by atoms with Crippen LogP contribution in [0, 0.1) is 0 Å². The molecular weight excluding hydrogens is 180 g/mol. The topological polar surface area (TPSA) is 0 Å². The van der Waals surface area contributed by atoms with E-state index in [1.807, 2.05) is 13.0 Å². The van der Waals surface area contributed by atoms with Crippen molar-refractivity contribution < 1.29 is 0 Å². The lowest BCUT2D eigenvalue weighted by molar-refractivity contribution is 0.802. The summed E-state index contributed by atoms with van der Waals surface area (Å²) in [4.78, 5) is 0. The maximum absolute atomic E-state index is 3.82. The summed E-state index contributed by atoms with van der Waals surface area (Å²) in [6.07, 6.45) is 12.2. The van der Waals surface area contributed by atoms with Gasteiger partial charge in [0.25, 0.3) is 0 Å². The fraction of sp³-hybridized carbons (Fsp3) is 0.467. The highest BCUT2D eigenvalue weighted by molar-refractivity contribution is 5.19. The van der Waals surface area contributed by atoms with Crippen molar-refractivity contribution in [2.45, 2.75) is 47.0 Å². The average Bonchev–Trinajstić information content (AvgIpc) is 2.17. The molecule has 0 spiro atoms. The molecule has 0 saturated carbocycles. The van der Waals surface area contributed by atoms with Crippen LogP contribution >= 0.6 is 0 Å². The molecule has 84 valence electrons. The quantitative estimate of drug-likeness (QED) is 0.412. The summed E-state index contributed by atoms with van der Waals surface area (Å²) >= 11 is 0. The van der Waals surface area contributed by atoms with Crippen LogP contribution in [0.3, 0.4) is 0 Å². The third-order valence-corrected chi connectivity index (χ3v) is 2.40. The summed E-state index contributed by atoms with van der Waals surface area (Å²) in [7, 11) is 0. The van der Waals surface area contributed by atoms with Gasteiger partial charge in [-0.1, -0.05) is 47.6 Å². The molecule has 0 amide bonds. The Hall–Kier alpha value is -1.04. The second-order valence-corrected chi connectivity index (χ2v) is 4.21. The van der Waals surface area contributed by atoms with Crippen molar-refractivity contribution in [3.63, 3.8) is 0 Å². The summed E-state index contributed by atoms with van der Waals surface area (Å²) in [6, 6.07) is 0. The zero-order valence-electron chi connectivity index (χ0n) is 10.6. The van der Waals surface area contributed by atoms with E-state index in [-0.39, 0.29) is 0 Å². The molecule has 0 heteroatoms. The van der Waals surface area contributed by atoms with Gasteiger partial charge in [-0.05, 0) is 47.0 Å². The molecule has 0 heterocycles. The van der Waals surface area contributed by atoms with Crippen molar-refractivity contribution in [1.82, 2.24) is 0 Å². The summed E-state index contributed by atoms with van der Waals surface area (Å²) in [5, 5.41) is 0. The first-order valence-electron chi connectivity index (χ1n) is 5.67. The van der Waals surface area contributed by atoms with E-state index in [0.29, 0.717) is 0 Å². The Labute approximate surface area is 95.1 Å². The number of rotatable bonds is 6. The molecule has 0 nitrogen and oxygen atoms in total. The Balaban J connectivity index is 3.83. The molecule has 0 aliphatic heterocycles. The number of hydrogen-bond acceptors (Lipinski definition) is 0. The maximum atomic E-state index is 3.82. The lowest BCUT2D eigenvalue weighted by Gasteiger charge is -2.01. The summed E-state index contributed by atoms with van der Waals surface area (Å²) < 4.78 is 0. The summed E-state index contributed by atoms with van der Waals surface area (Å²) in [6.45, 7) is 12.3. The van der Waals surface area contributed by atoms with Crippen LogP contribution in [0.5, 0.6) is 0 Å². The predicted molar refractivity (Wildman–Crippen MR) is 71.0 cm³/mol. The predicted octanol–water partition coefficient (Wildman–Crippen LogP) is 5.20. The number of hydrogen-bond donors (Lipinski definition) is 0. The first-order chi connectivity index (χ1) is 7.06. The van der Waals surface area contributed by atoms with Gasteiger partial charge in [0.1, 0.15) is 0 Å². The van der Waals surface area contributed by atoms with Crippen molar-refractivity contribution in [3.05, 3.63) is 47.6 Å². The third-order valence-electron chi connectivity index (χ3n) is 2.40. The molecule has 0 radical (unpaired) electrons. The SMILES string of the molecule is C=C(C)/C=C/C=C(\C)CCC/C(C)=C/C. The van der Waals surface area contributed by atoms with Gasteiger partial charge in [-0.15, -0.1) is 0 Å². The van der Waals surface area contributed by atoms with Gasteiger partial charge in [0.15, 0.2) is 0 Å². The fourth-order valence-electron chi connectivity index (χ4n) is 1.25. The van der Waals surface area contributed by atoms with E-state index in [0.717, 1.165) is 5.57 Å². The molecular formula is C15H24. The van der Waals surface area contributed by atoms with Crippen molar-refractivity contribution in [3.8, 4) is 0 Å². The van der Waals surface area contributed by atoms with Crippen molar-refractivity contribution in [2.24, 2.45) is 0 Å². The average molecular weight is 204 g/mol. The summed E-state index contributed by atoms with van der Waals surface area (Å²) in [5.41, 5.74) is 4.03. The highest BCUT2D eigenvalue weighted by Gasteiger charge is 1.91. The third kappa shape index (κ3) is 9.27. The second-order valence-electron chi connectivity index (χ2n) is 4.21. The van der Waals surface area contributed by atoms with Gasteiger partial charge in [-0.25, -0.2) is 0 Å². The van der Waals surface area contributed by atoms with Crippen LogP contribution in [0.1, 0.15) is 47.0 Å². The normalized spacial score (nSPS) is 13.6. The van der Waals surface area contributed by atoms with Gasteiger partial charge in [0.2, 0.25) is 0 Å². The standard InChI is InChI=1S/C15H24/c1-6-14(4)10-8-12-15(5)11-7-9-13(2)3/h6-7,9,11H,2,8,10,12H2,1,3-5H3/b9-7+,14-6+,15-11+. The zero-order valence-corrected chi connectivity index (χ0v) is 10.6. The molecule has 0 aromatic carbocycles. The first-order valence-corrected chi connectivity index (χ1v) is 5.67. The fourth-order valence-corrected chi connectivity index (χ4v) is 1.25.